The lowest BCUT2D eigenvalue weighted by molar-refractivity contribution is -0.913. The molecule has 0 bridgehead atoms. The van der Waals surface area contributed by atoms with Crippen LogP contribution >= 0.6 is 11.6 Å². The molecule has 0 unspecified atom stereocenters. The largest absolute Gasteiger partial charge is 1.00 e. The topological polar surface area (TPSA) is 61.8 Å². The third-order valence-electron chi connectivity index (χ3n) is 4.15. The van der Waals surface area contributed by atoms with Crippen LogP contribution in [0.3, 0.4) is 0 Å². The van der Waals surface area contributed by atoms with Crippen molar-refractivity contribution in [1.29, 1.82) is 0 Å². The van der Waals surface area contributed by atoms with Gasteiger partial charge in [-0.1, -0.05) is 11.6 Å². The normalized spacial score (nSPS) is 16.4. The van der Waals surface area contributed by atoms with Gasteiger partial charge in [-0.05, 0) is 18.2 Å². The molecule has 0 saturated carbocycles. The number of methoxy groups -OCH3 is 1. The zero-order valence-electron chi connectivity index (χ0n) is 13.4. The quantitative estimate of drug-likeness (QED) is 0.436. The van der Waals surface area contributed by atoms with Crippen LogP contribution in [-0.2, 0) is 0 Å². The van der Waals surface area contributed by atoms with Gasteiger partial charge in [-0.25, -0.2) is 4.79 Å². The van der Waals surface area contributed by atoms with Gasteiger partial charge in [-0.2, -0.15) is 0 Å². The number of aliphatic hydroxyl groups is 1. The second kappa shape index (κ2) is 8.91. The Bertz CT molecular complexity index is 537. The summed E-state index contributed by atoms with van der Waals surface area (Å²) in [6, 6.07) is 4.96. The van der Waals surface area contributed by atoms with Gasteiger partial charge in [0, 0.05) is 5.02 Å². The van der Waals surface area contributed by atoms with E-state index < -0.39 is 0 Å². The van der Waals surface area contributed by atoms with Crippen LogP contribution in [0.2, 0.25) is 5.02 Å². The van der Waals surface area contributed by atoms with E-state index in [1.165, 1.54) is 0 Å². The van der Waals surface area contributed by atoms with Gasteiger partial charge in [0.25, 0.3) is 0 Å². The highest BCUT2D eigenvalue weighted by Crippen LogP contribution is 2.28. The van der Waals surface area contributed by atoms with Crippen molar-refractivity contribution < 1.29 is 43.1 Å². The number of nitrogens with zero attached hydrogens (tertiary/aromatic N) is 2. The van der Waals surface area contributed by atoms with E-state index in [0.29, 0.717) is 29.5 Å². The van der Waals surface area contributed by atoms with Gasteiger partial charge in [0.15, 0.2) is 0 Å². The Labute approximate surface area is 159 Å². The third-order valence-corrected chi connectivity index (χ3v) is 4.38. The molecule has 6 nitrogen and oxygen atoms in total. The molecule has 0 aliphatic carbocycles. The first-order chi connectivity index (χ1) is 10.5. The van der Waals surface area contributed by atoms with Crippen molar-refractivity contribution in [3.63, 3.8) is 0 Å². The number of carbonyl (C=O) groups excluding carboxylic acids is 1. The summed E-state index contributed by atoms with van der Waals surface area (Å²) in [5, 5.41) is 12.5. The summed E-state index contributed by atoms with van der Waals surface area (Å²) in [7, 11) is 3.66. The molecule has 2 amide bonds. The highest BCUT2D eigenvalue weighted by molar-refractivity contribution is 6.31. The van der Waals surface area contributed by atoms with E-state index in [0.717, 1.165) is 24.1 Å². The van der Waals surface area contributed by atoms with E-state index >= 15 is 0 Å². The van der Waals surface area contributed by atoms with Crippen LogP contribution in [0.1, 0.15) is 0 Å². The van der Waals surface area contributed by atoms with Crippen LogP contribution in [0.5, 0.6) is 5.75 Å². The minimum Gasteiger partial charge on any atom is -1.00 e. The molecule has 0 spiro atoms. The molecule has 0 radical (unpaired) electrons. The molecule has 1 aromatic carbocycles. The van der Waals surface area contributed by atoms with Crippen molar-refractivity contribution in [3.05, 3.63) is 23.2 Å². The summed E-state index contributed by atoms with van der Waals surface area (Å²) in [5.74, 6) is 0.579. The molecular weight excluding hydrogens is 433 g/mol. The fraction of sp³-hybridized carbons (Fsp3) is 0.533. The summed E-state index contributed by atoms with van der Waals surface area (Å²) in [6.45, 7) is 3.87. The van der Waals surface area contributed by atoms with Crippen LogP contribution in [-0.4, -0.2) is 74.0 Å². The number of aliphatic hydroxyl groups excluding tert-OH is 1. The van der Waals surface area contributed by atoms with Gasteiger partial charge in [0.1, 0.15) is 12.3 Å². The van der Waals surface area contributed by atoms with Crippen molar-refractivity contribution in [2.75, 3.05) is 58.8 Å². The number of anilines is 1. The molecule has 1 aliphatic heterocycles. The second-order valence-corrected chi connectivity index (χ2v) is 6.21. The van der Waals surface area contributed by atoms with Crippen LogP contribution in [0.4, 0.5) is 10.5 Å². The molecule has 130 valence electrons. The Hall–Kier alpha value is -0.770. The number of ether oxygens (including phenoxy) is 1. The molecule has 2 rings (SSSR count). The van der Waals surface area contributed by atoms with Crippen molar-refractivity contribution in [3.8, 4) is 5.75 Å². The highest BCUT2D eigenvalue weighted by Gasteiger charge is 2.30. The summed E-state index contributed by atoms with van der Waals surface area (Å²) in [5.41, 5.74) is 0.568. The Morgan fingerprint density at radius 2 is 2.09 bits per heavy atom. The number of benzene rings is 1. The molecular formula is C15H23ClIN3O3. The zero-order chi connectivity index (χ0) is 16.2. The van der Waals surface area contributed by atoms with E-state index in [9.17, 15) is 4.79 Å². The first-order valence-electron chi connectivity index (χ1n) is 7.31. The van der Waals surface area contributed by atoms with Crippen LogP contribution in [0, 0.1) is 0 Å². The summed E-state index contributed by atoms with van der Waals surface area (Å²) >= 11 is 5.97. The van der Waals surface area contributed by atoms with Gasteiger partial charge in [0.05, 0.1) is 52.6 Å². The van der Waals surface area contributed by atoms with E-state index in [4.69, 9.17) is 21.4 Å². The minimum atomic E-state index is -0.157. The van der Waals surface area contributed by atoms with Crippen molar-refractivity contribution in [2.24, 2.45) is 0 Å². The molecule has 1 aliphatic rings. The number of halogens is 2. The van der Waals surface area contributed by atoms with Crippen molar-refractivity contribution >= 4 is 23.3 Å². The summed E-state index contributed by atoms with van der Waals surface area (Å²) < 4.78 is 6.02. The summed E-state index contributed by atoms with van der Waals surface area (Å²) in [4.78, 5) is 14.2. The fourth-order valence-electron chi connectivity index (χ4n) is 2.59. The number of carbonyl (C=O) groups is 1. The number of nitrogens with one attached hydrogen (secondary N) is 1. The Balaban J connectivity index is 0.00000264. The number of hydrogen-bond acceptors (Lipinski definition) is 3. The van der Waals surface area contributed by atoms with Gasteiger partial charge in [0.2, 0.25) is 0 Å². The SMILES string of the molecule is COc1ccc(Cl)cc1NC(=O)N1CC[N+](C)(CCO)CC1.[I-]. The smallest absolute Gasteiger partial charge is 0.322 e. The number of quaternary nitrogens is 1. The lowest BCUT2D eigenvalue weighted by Crippen LogP contribution is -3.00. The van der Waals surface area contributed by atoms with E-state index in [2.05, 4.69) is 12.4 Å². The number of hydrogen-bond donors (Lipinski definition) is 2. The van der Waals surface area contributed by atoms with Crippen LogP contribution in [0.25, 0.3) is 0 Å². The lowest BCUT2D eigenvalue weighted by Gasteiger charge is -2.41. The maximum atomic E-state index is 12.4. The fourth-order valence-corrected chi connectivity index (χ4v) is 2.76. The van der Waals surface area contributed by atoms with Gasteiger partial charge < -0.3 is 48.5 Å². The van der Waals surface area contributed by atoms with Gasteiger partial charge in [-0.3, -0.25) is 0 Å². The third kappa shape index (κ3) is 5.37. The van der Waals surface area contributed by atoms with E-state index in [1.54, 1.807) is 30.2 Å². The van der Waals surface area contributed by atoms with Gasteiger partial charge >= 0.3 is 6.03 Å². The Morgan fingerprint density at radius 3 is 2.65 bits per heavy atom. The number of urea groups is 1. The van der Waals surface area contributed by atoms with Gasteiger partial charge in [-0.15, -0.1) is 0 Å². The molecule has 1 aromatic rings. The standard InChI is InChI=1S/C15H22ClN3O3.HI/c1-19(9-10-20)7-5-18(6-8-19)15(21)17-13-11-12(16)3-4-14(13)22-2;/h3-4,11,20H,5-10H2,1-2H3;1H. The lowest BCUT2D eigenvalue weighted by atomic mass is 10.2. The van der Waals surface area contributed by atoms with Crippen molar-refractivity contribution in [2.45, 2.75) is 0 Å². The first kappa shape index (κ1) is 20.3. The second-order valence-electron chi connectivity index (χ2n) is 5.78. The first-order valence-corrected chi connectivity index (χ1v) is 7.69. The molecule has 8 heteroatoms. The number of rotatable bonds is 4. The molecule has 23 heavy (non-hydrogen) atoms. The molecule has 2 N–H and O–H groups in total. The molecule has 0 aromatic heterocycles. The predicted octanol–water partition coefficient (Wildman–Crippen LogP) is -1.36. The highest BCUT2D eigenvalue weighted by atomic mass is 127. The number of amides is 2. The van der Waals surface area contributed by atoms with Crippen molar-refractivity contribution in [1.82, 2.24) is 4.90 Å². The average Bonchev–Trinajstić information content (AvgIpc) is 2.48. The number of piperazine rings is 1. The summed E-state index contributed by atoms with van der Waals surface area (Å²) in [6.07, 6.45) is 0. The monoisotopic (exact) mass is 455 g/mol. The molecule has 1 saturated heterocycles. The Morgan fingerprint density at radius 1 is 1.43 bits per heavy atom. The van der Waals surface area contributed by atoms with E-state index in [1.807, 2.05) is 0 Å². The molecule has 1 fully saturated rings. The predicted molar refractivity (Wildman–Crippen MR) is 86.5 cm³/mol. The average molecular weight is 456 g/mol. The Kier molecular flexibility index (Phi) is 7.85. The van der Waals surface area contributed by atoms with Crippen LogP contribution in [0.15, 0.2) is 18.2 Å². The van der Waals surface area contributed by atoms with Crippen LogP contribution < -0.4 is 34.0 Å². The molecule has 0 atom stereocenters. The minimum absolute atomic E-state index is 0. The maximum absolute atomic E-state index is 12.4. The maximum Gasteiger partial charge on any atom is 0.322 e. The zero-order valence-corrected chi connectivity index (χ0v) is 16.3. The number of likely N-dealkylation sites (N-methyl/N-ethyl adjacent to an activating group) is 1. The molecule has 1 heterocycles. The van der Waals surface area contributed by atoms with E-state index in [-0.39, 0.29) is 36.6 Å².